The Bertz CT molecular complexity index is 393. The Morgan fingerprint density at radius 2 is 1.89 bits per heavy atom. The number of halogens is 1. The van der Waals surface area contributed by atoms with E-state index in [1.165, 1.54) is 0 Å². The van der Waals surface area contributed by atoms with E-state index in [0.717, 1.165) is 15.8 Å². The molecule has 0 aromatic heterocycles. The number of ether oxygens (including phenoxy) is 2. The topological polar surface area (TPSA) is 38.7 Å². The SMILES string of the molecule is COCCOc1ccc(C(O)C(C)C(C)C)cc1Br. The lowest BCUT2D eigenvalue weighted by atomic mass is 9.88. The van der Waals surface area contributed by atoms with Gasteiger partial charge < -0.3 is 14.6 Å². The summed E-state index contributed by atoms with van der Waals surface area (Å²) in [5.74, 6) is 1.42. The number of benzene rings is 1. The largest absolute Gasteiger partial charge is 0.490 e. The van der Waals surface area contributed by atoms with Crippen LogP contribution in [0.15, 0.2) is 22.7 Å². The van der Waals surface area contributed by atoms with Crippen LogP contribution in [0, 0.1) is 11.8 Å². The Labute approximate surface area is 124 Å². The Hall–Kier alpha value is -0.580. The van der Waals surface area contributed by atoms with Crippen molar-refractivity contribution in [1.82, 2.24) is 0 Å². The van der Waals surface area contributed by atoms with Crippen molar-refractivity contribution in [1.29, 1.82) is 0 Å². The molecule has 19 heavy (non-hydrogen) atoms. The number of hydrogen-bond acceptors (Lipinski definition) is 3. The molecule has 0 aliphatic heterocycles. The fourth-order valence-electron chi connectivity index (χ4n) is 1.72. The quantitative estimate of drug-likeness (QED) is 0.773. The molecule has 0 spiro atoms. The molecule has 1 aromatic carbocycles. The van der Waals surface area contributed by atoms with Crippen molar-refractivity contribution >= 4 is 15.9 Å². The van der Waals surface area contributed by atoms with Gasteiger partial charge in [0.1, 0.15) is 12.4 Å². The predicted octanol–water partition coefficient (Wildman–Crippen LogP) is 3.80. The van der Waals surface area contributed by atoms with Gasteiger partial charge in [0.15, 0.2) is 0 Å². The molecule has 2 unspecified atom stereocenters. The number of aliphatic hydroxyl groups excluding tert-OH is 1. The smallest absolute Gasteiger partial charge is 0.133 e. The van der Waals surface area contributed by atoms with Crippen molar-refractivity contribution in [2.24, 2.45) is 11.8 Å². The van der Waals surface area contributed by atoms with Crippen molar-refractivity contribution in [3.05, 3.63) is 28.2 Å². The zero-order chi connectivity index (χ0) is 14.4. The zero-order valence-electron chi connectivity index (χ0n) is 12.0. The van der Waals surface area contributed by atoms with Crippen molar-refractivity contribution < 1.29 is 14.6 Å². The van der Waals surface area contributed by atoms with Gasteiger partial charge >= 0.3 is 0 Å². The third kappa shape index (κ3) is 4.79. The molecule has 3 nitrogen and oxygen atoms in total. The number of aliphatic hydroxyl groups is 1. The first kappa shape index (κ1) is 16.5. The van der Waals surface area contributed by atoms with Gasteiger partial charge in [-0.2, -0.15) is 0 Å². The molecule has 0 saturated heterocycles. The second-order valence-electron chi connectivity index (χ2n) is 5.08. The molecule has 0 aliphatic carbocycles. The van der Waals surface area contributed by atoms with E-state index in [4.69, 9.17) is 9.47 Å². The van der Waals surface area contributed by atoms with Gasteiger partial charge in [-0.25, -0.2) is 0 Å². The molecule has 1 aromatic rings. The highest BCUT2D eigenvalue weighted by Crippen LogP contribution is 2.33. The minimum absolute atomic E-state index is 0.215. The maximum atomic E-state index is 10.3. The van der Waals surface area contributed by atoms with Crippen LogP contribution in [-0.4, -0.2) is 25.4 Å². The summed E-state index contributed by atoms with van der Waals surface area (Å²) in [6.45, 7) is 7.36. The predicted molar refractivity (Wildman–Crippen MR) is 80.5 cm³/mol. The van der Waals surface area contributed by atoms with Crippen molar-refractivity contribution in [2.45, 2.75) is 26.9 Å². The minimum atomic E-state index is -0.454. The Morgan fingerprint density at radius 3 is 2.42 bits per heavy atom. The summed E-state index contributed by atoms with van der Waals surface area (Å²) in [4.78, 5) is 0. The highest BCUT2D eigenvalue weighted by Gasteiger charge is 2.20. The van der Waals surface area contributed by atoms with Gasteiger partial charge in [0, 0.05) is 7.11 Å². The Kier molecular flexibility index (Phi) is 6.83. The van der Waals surface area contributed by atoms with E-state index in [1.807, 2.05) is 18.2 Å². The molecule has 0 heterocycles. The van der Waals surface area contributed by atoms with Crippen LogP contribution in [0.2, 0.25) is 0 Å². The van der Waals surface area contributed by atoms with E-state index in [2.05, 4.69) is 36.7 Å². The van der Waals surface area contributed by atoms with Gasteiger partial charge in [-0.05, 0) is 45.5 Å². The molecule has 0 aliphatic rings. The lowest BCUT2D eigenvalue weighted by Crippen LogP contribution is -2.15. The lowest BCUT2D eigenvalue weighted by molar-refractivity contribution is 0.0919. The summed E-state index contributed by atoms with van der Waals surface area (Å²) in [5, 5.41) is 10.3. The van der Waals surface area contributed by atoms with Crippen LogP contribution >= 0.6 is 15.9 Å². The van der Waals surface area contributed by atoms with Crippen molar-refractivity contribution in [3.63, 3.8) is 0 Å². The van der Waals surface area contributed by atoms with E-state index in [9.17, 15) is 5.11 Å². The first-order valence-corrected chi connectivity index (χ1v) is 7.36. The summed E-state index contributed by atoms with van der Waals surface area (Å²) in [5.41, 5.74) is 0.909. The van der Waals surface area contributed by atoms with Crippen LogP contribution in [0.4, 0.5) is 0 Å². The lowest BCUT2D eigenvalue weighted by Gasteiger charge is -2.23. The molecule has 0 bridgehead atoms. The molecule has 0 radical (unpaired) electrons. The molecular formula is C15H23BrO3. The van der Waals surface area contributed by atoms with E-state index in [0.29, 0.717) is 19.1 Å². The van der Waals surface area contributed by atoms with Gasteiger partial charge in [0.2, 0.25) is 0 Å². The second-order valence-corrected chi connectivity index (χ2v) is 5.93. The molecule has 108 valence electrons. The third-order valence-electron chi connectivity index (χ3n) is 3.39. The average molecular weight is 331 g/mol. The van der Waals surface area contributed by atoms with Crippen LogP contribution in [0.25, 0.3) is 0 Å². The Balaban J connectivity index is 2.75. The van der Waals surface area contributed by atoms with E-state index in [1.54, 1.807) is 7.11 Å². The number of rotatable bonds is 7. The average Bonchev–Trinajstić information content (AvgIpc) is 2.39. The maximum Gasteiger partial charge on any atom is 0.133 e. The van der Waals surface area contributed by atoms with E-state index in [-0.39, 0.29) is 5.92 Å². The number of hydrogen-bond donors (Lipinski definition) is 1. The van der Waals surface area contributed by atoms with Gasteiger partial charge in [0.25, 0.3) is 0 Å². The van der Waals surface area contributed by atoms with Gasteiger partial charge in [0.05, 0.1) is 17.2 Å². The minimum Gasteiger partial charge on any atom is -0.490 e. The molecule has 0 fully saturated rings. The highest BCUT2D eigenvalue weighted by atomic mass is 79.9. The summed E-state index contributed by atoms with van der Waals surface area (Å²) >= 11 is 3.48. The van der Waals surface area contributed by atoms with E-state index < -0.39 is 6.10 Å². The monoisotopic (exact) mass is 330 g/mol. The molecule has 0 amide bonds. The van der Waals surface area contributed by atoms with Gasteiger partial charge in [-0.3, -0.25) is 0 Å². The van der Waals surface area contributed by atoms with Crippen LogP contribution in [0.1, 0.15) is 32.4 Å². The van der Waals surface area contributed by atoms with Crippen LogP contribution in [0.5, 0.6) is 5.75 Å². The summed E-state index contributed by atoms with van der Waals surface area (Å²) in [6, 6.07) is 5.72. The number of methoxy groups -OCH3 is 1. The molecular weight excluding hydrogens is 308 g/mol. The summed E-state index contributed by atoms with van der Waals surface area (Å²) in [7, 11) is 1.64. The van der Waals surface area contributed by atoms with Gasteiger partial charge in [-0.1, -0.05) is 26.8 Å². The normalized spacial score (nSPS) is 14.5. The maximum absolute atomic E-state index is 10.3. The third-order valence-corrected chi connectivity index (χ3v) is 4.01. The van der Waals surface area contributed by atoms with Crippen molar-refractivity contribution in [2.75, 3.05) is 20.3 Å². The highest BCUT2D eigenvalue weighted by molar-refractivity contribution is 9.10. The summed E-state index contributed by atoms with van der Waals surface area (Å²) in [6.07, 6.45) is -0.454. The first-order chi connectivity index (χ1) is 8.97. The van der Waals surface area contributed by atoms with E-state index >= 15 is 0 Å². The molecule has 1 rings (SSSR count). The van der Waals surface area contributed by atoms with Gasteiger partial charge in [-0.15, -0.1) is 0 Å². The molecule has 1 N–H and O–H groups in total. The zero-order valence-corrected chi connectivity index (χ0v) is 13.6. The Morgan fingerprint density at radius 1 is 1.21 bits per heavy atom. The van der Waals surface area contributed by atoms with Crippen LogP contribution < -0.4 is 4.74 Å². The first-order valence-electron chi connectivity index (χ1n) is 6.56. The second kappa shape index (κ2) is 7.88. The fraction of sp³-hybridized carbons (Fsp3) is 0.600. The molecule has 4 heteroatoms. The summed E-state index contributed by atoms with van der Waals surface area (Å²) < 4.78 is 11.4. The molecule has 0 saturated carbocycles. The van der Waals surface area contributed by atoms with Crippen LogP contribution in [0.3, 0.4) is 0 Å². The van der Waals surface area contributed by atoms with Crippen LogP contribution in [-0.2, 0) is 4.74 Å². The standard InChI is InChI=1S/C15H23BrO3/c1-10(2)11(3)15(17)12-5-6-14(13(16)9-12)19-8-7-18-4/h5-6,9-11,15,17H,7-8H2,1-4H3. The molecule has 2 atom stereocenters. The fourth-order valence-corrected chi connectivity index (χ4v) is 2.23. The van der Waals surface area contributed by atoms with Crippen molar-refractivity contribution in [3.8, 4) is 5.75 Å².